The molecule has 0 fully saturated rings. The molecule has 1 amide bonds. The second kappa shape index (κ2) is 11.1. The Morgan fingerprint density at radius 1 is 1.12 bits per heavy atom. The Balaban J connectivity index is 1.59. The lowest BCUT2D eigenvalue weighted by atomic mass is 9.93. The van der Waals surface area contributed by atoms with E-state index in [1.807, 2.05) is 60.7 Å². The van der Waals surface area contributed by atoms with E-state index in [4.69, 9.17) is 4.74 Å². The Bertz CT molecular complexity index is 1220. The van der Waals surface area contributed by atoms with Crippen LogP contribution in [0.3, 0.4) is 0 Å². The molecule has 8 heteroatoms. The minimum atomic E-state index is -3.83. The van der Waals surface area contributed by atoms with E-state index in [0.717, 1.165) is 28.5 Å². The van der Waals surface area contributed by atoms with Crippen molar-refractivity contribution in [2.24, 2.45) is 0 Å². The Kier molecular flexibility index (Phi) is 7.95. The van der Waals surface area contributed by atoms with Crippen LogP contribution in [0, 0.1) is 0 Å². The molecule has 0 N–H and O–H groups in total. The fraction of sp³-hybridized carbons (Fsp3) is 0.269. The van der Waals surface area contributed by atoms with Crippen molar-refractivity contribution in [2.45, 2.75) is 12.5 Å². The van der Waals surface area contributed by atoms with Crippen LogP contribution in [-0.4, -0.2) is 56.9 Å². The number of amides is 1. The molecule has 6 nitrogen and oxygen atoms in total. The number of hydrogen-bond donors (Lipinski definition) is 0. The number of methoxy groups -OCH3 is 1. The first-order chi connectivity index (χ1) is 16.5. The second-order valence-corrected chi connectivity index (χ2v) is 10.9. The molecule has 0 saturated carbocycles. The summed E-state index contributed by atoms with van der Waals surface area (Å²) in [5, 5.41) is 3.21. The molecule has 2 heterocycles. The molecule has 4 rings (SSSR count). The van der Waals surface area contributed by atoms with Gasteiger partial charge in [0.15, 0.2) is 0 Å². The Morgan fingerprint density at radius 2 is 1.82 bits per heavy atom. The van der Waals surface area contributed by atoms with Crippen molar-refractivity contribution >= 4 is 33.3 Å². The molecule has 1 aliphatic heterocycles. The molecule has 2 aromatic carbocycles. The fourth-order valence-corrected chi connectivity index (χ4v) is 6.15. The van der Waals surface area contributed by atoms with Gasteiger partial charge in [-0.2, -0.15) is 4.31 Å². The van der Waals surface area contributed by atoms with Gasteiger partial charge in [0.25, 0.3) is 0 Å². The molecule has 0 spiro atoms. The van der Waals surface area contributed by atoms with Crippen molar-refractivity contribution in [1.29, 1.82) is 0 Å². The van der Waals surface area contributed by atoms with E-state index < -0.39 is 10.0 Å². The number of nitrogens with zero attached hydrogens (tertiary/aromatic N) is 2. The molecule has 1 aromatic heterocycles. The maximum Gasteiger partial charge on any atom is 0.238 e. The summed E-state index contributed by atoms with van der Waals surface area (Å²) in [6, 6.07) is 21.0. The van der Waals surface area contributed by atoms with E-state index in [9.17, 15) is 13.2 Å². The first-order valence-electron chi connectivity index (χ1n) is 11.1. The lowest BCUT2D eigenvalue weighted by molar-refractivity contribution is -0.133. The molecule has 1 atom stereocenters. The average molecular weight is 497 g/mol. The van der Waals surface area contributed by atoms with Gasteiger partial charge in [-0.05, 0) is 40.6 Å². The summed E-state index contributed by atoms with van der Waals surface area (Å²) in [5.74, 6) is -0.224. The molecule has 1 unspecified atom stereocenters. The first-order valence-corrected chi connectivity index (χ1v) is 13.5. The van der Waals surface area contributed by atoms with Crippen molar-refractivity contribution in [3.05, 3.63) is 99.1 Å². The molecule has 0 radical (unpaired) electrons. The Hall–Kier alpha value is -2.78. The van der Waals surface area contributed by atoms with Crippen LogP contribution in [0.15, 0.2) is 77.5 Å². The van der Waals surface area contributed by atoms with Crippen LogP contribution in [0.5, 0.6) is 0 Å². The van der Waals surface area contributed by atoms with Gasteiger partial charge in [0, 0.05) is 30.5 Å². The van der Waals surface area contributed by atoms with E-state index in [1.54, 1.807) is 22.3 Å². The highest BCUT2D eigenvalue weighted by Crippen LogP contribution is 2.37. The summed E-state index contributed by atoms with van der Waals surface area (Å²) in [6.07, 6.45) is 2.31. The molecule has 34 heavy (non-hydrogen) atoms. The number of ether oxygens (including phenoxy) is 1. The normalized spacial score (nSPS) is 16.2. The van der Waals surface area contributed by atoms with Crippen molar-refractivity contribution in [3.8, 4) is 0 Å². The van der Waals surface area contributed by atoms with Gasteiger partial charge >= 0.3 is 0 Å². The van der Waals surface area contributed by atoms with E-state index >= 15 is 0 Å². The monoisotopic (exact) mass is 496 g/mol. The smallest absolute Gasteiger partial charge is 0.238 e. The number of sulfonamides is 1. The van der Waals surface area contributed by atoms with Crippen molar-refractivity contribution in [3.63, 3.8) is 0 Å². The standard InChI is InChI=1S/C26H28N2O4S2/c1-32-17-16-27(34(30,31)19-14-21-8-4-2-5-9-21)20-25(29)28-15-12-24-23(13-18-33-24)26(28)22-10-6-3-7-11-22/h2-11,13-14,18-19,26H,12,15-17,20H2,1H3/b19-14+. The zero-order valence-corrected chi connectivity index (χ0v) is 20.7. The summed E-state index contributed by atoms with van der Waals surface area (Å²) in [6.45, 7) is 0.595. The van der Waals surface area contributed by atoms with Crippen molar-refractivity contribution < 1.29 is 17.9 Å². The van der Waals surface area contributed by atoms with Gasteiger partial charge in [-0.15, -0.1) is 11.3 Å². The number of hydrogen-bond acceptors (Lipinski definition) is 5. The average Bonchev–Trinajstić information content (AvgIpc) is 3.34. The molecule has 3 aromatic rings. The molecular formula is C26H28N2O4S2. The van der Waals surface area contributed by atoms with Gasteiger partial charge in [0.1, 0.15) is 0 Å². The van der Waals surface area contributed by atoms with Crippen LogP contribution in [-0.2, 0) is 26.0 Å². The summed E-state index contributed by atoms with van der Waals surface area (Å²) < 4.78 is 32.6. The number of thiophene rings is 1. The lowest BCUT2D eigenvalue weighted by Crippen LogP contribution is -2.47. The Labute approximate surface area is 205 Å². The van der Waals surface area contributed by atoms with Crippen LogP contribution < -0.4 is 0 Å². The zero-order valence-electron chi connectivity index (χ0n) is 19.0. The second-order valence-electron chi connectivity index (χ2n) is 8.03. The van der Waals surface area contributed by atoms with Crippen molar-refractivity contribution in [2.75, 3.05) is 33.4 Å². The predicted molar refractivity (Wildman–Crippen MR) is 136 cm³/mol. The third kappa shape index (κ3) is 5.64. The highest BCUT2D eigenvalue weighted by molar-refractivity contribution is 7.92. The summed E-state index contributed by atoms with van der Waals surface area (Å²) in [7, 11) is -2.32. The number of rotatable bonds is 9. The highest BCUT2D eigenvalue weighted by Gasteiger charge is 2.34. The summed E-state index contributed by atoms with van der Waals surface area (Å²) in [5.41, 5.74) is 2.91. The first kappa shape index (κ1) is 24.3. The maximum absolute atomic E-state index is 13.6. The van der Waals surface area contributed by atoms with Gasteiger partial charge in [0.2, 0.25) is 15.9 Å². The van der Waals surface area contributed by atoms with Crippen LogP contribution in [0.1, 0.15) is 27.6 Å². The lowest BCUT2D eigenvalue weighted by Gasteiger charge is -2.37. The predicted octanol–water partition coefficient (Wildman–Crippen LogP) is 4.17. The summed E-state index contributed by atoms with van der Waals surface area (Å²) >= 11 is 1.70. The number of fused-ring (bicyclic) bond motifs is 1. The number of carbonyl (C=O) groups is 1. The van der Waals surface area contributed by atoms with Gasteiger partial charge in [-0.1, -0.05) is 60.7 Å². The highest BCUT2D eigenvalue weighted by atomic mass is 32.2. The quantitative estimate of drug-likeness (QED) is 0.446. The van der Waals surface area contributed by atoms with E-state index in [0.29, 0.717) is 6.54 Å². The molecule has 0 bridgehead atoms. The zero-order chi connectivity index (χ0) is 24.0. The van der Waals surface area contributed by atoms with Crippen LogP contribution in [0.25, 0.3) is 6.08 Å². The third-order valence-corrected chi connectivity index (χ3v) is 8.36. The molecule has 1 aliphatic rings. The van der Waals surface area contributed by atoms with Crippen molar-refractivity contribution in [1.82, 2.24) is 9.21 Å². The largest absolute Gasteiger partial charge is 0.383 e. The number of benzene rings is 2. The maximum atomic E-state index is 13.6. The summed E-state index contributed by atoms with van der Waals surface area (Å²) in [4.78, 5) is 16.6. The molecular weight excluding hydrogens is 468 g/mol. The van der Waals surface area contributed by atoms with Gasteiger partial charge in [-0.3, -0.25) is 4.79 Å². The third-order valence-electron chi connectivity index (χ3n) is 5.85. The SMILES string of the molecule is COCCN(CC(=O)N1CCc2sccc2C1c1ccccc1)S(=O)(=O)/C=C/c1ccccc1. The van der Waals surface area contributed by atoms with Crippen LogP contribution in [0.4, 0.5) is 0 Å². The minimum absolute atomic E-state index is 0.0945. The fourth-order valence-electron chi connectivity index (χ4n) is 4.13. The van der Waals surface area contributed by atoms with Crippen LogP contribution >= 0.6 is 11.3 Å². The van der Waals surface area contributed by atoms with Gasteiger partial charge < -0.3 is 9.64 Å². The van der Waals surface area contributed by atoms with E-state index in [2.05, 4.69) is 11.4 Å². The van der Waals surface area contributed by atoms with Gasteiger partial charge in [-0.25, -0.2) is 8.42 Å². The number of carbonyl (C=O) groups excluding carboxylic acids is 1. The van der Waals surface area contributed by atoms with E-state index in [-0.39, 0.29) is 31.6 Å². The van der Waals surface area contributed by atoms with E-state index in [1.165, 1.54) is 16.3 Å². The Morgan fingerprint density at radius 3 is 2.53 bits per heavy atom. The minimum Gasteiger partial charge on any atom is -0.383 e. The van der Waals surface area contributed by atoms with Gasteiger partial charge in [0.05, 0.1) is 19.2 Å². The molecule has 178 valence electrons. The van der Waals surface area contributed by atoms with Crippen LogP contribution in [0.2, 0.25) is 0 Å². The molecule has 0 saturated heterocycles. The molecule has 0 aliphatic carbocycles. The topological polar surface area (TPSA) is 66.9 Å².